The molecule has 2 aliphatic rings. The van der Waals surface area contributed by atoms with Crippen LogP contribution in [0.3, 0.4) is 0 Å². The van der Waals surface area contributed by atoms with Gasteiger partial charge in [-0.05, 0) is 19.1 Å². The Kier molecular flexibility index (Phi) is 4.94. The summed E-state index contributed by atoms with van der Waals surface area (Å²) in [5.74, 6) is -0.544. The van der Waals surface area contributed by atoms with Crippen molar-refractivity contribution in [3.05, 3.63) is 41.8 Å². The van der Waals surface area contributed by atoms with E-state index in [0.29, 0.717) is 30.4 Å². The minimum Gasteiger partial charge on any atom is -0.347 e. The number of carbonyl (C=O) groups excluding carboxylic acids is 1. The van der Waals surface area contributed by atoms with Crippen LogP contribution in [0.25, 0.3) is 5.69 Å². The summed E-state index contributed by atoms with van der Waals surface area (Å²) in [5.41, 5.74) is 1.00. The van der Waals surface area contributed by atoms with Crippen molar-refractivity contribution >= 4 is 11.7 Å². The third-order valence-corrected chi connectivity index (χ3v) is 4.98. The molecule has 7 nitrogen and oxygen atoms in total. The van der Waals surface area contributed by atoms with E-state index in [4.69, 9.17) is 9.47 Å². The number of amides is 1. The molecule has 1 aromatic carbocycles. The summed E-state index contributed by atoms with van der Waals surface area (Å²) >= 11 is 0. The third kappa shape index (κ3) is 3.87. The lowest BCUT2D eigenvalue weighted by Gasteiger charge is -2.37. The molecule has 8 heteroatoms. The van der Waals surface area contributed by atoms with Gasteiger partial charge in [-0.2, -0.15) is 5.10 Å². The van der Waals surface area contributed by atoms with E-state index in [0.717, 1.165) is 25.9 Å². The molecule has 1 amide bonds. The second kappa shape index (κ2) is 7.38. The number of hydrogen-bond acceptors (Lipinski definition) is 5. The van der Waals surface area contributed by atoms with Gasteiger partial charge in [-0.15, -0.1) is 0 Å². The number of benzene rings is 1. The van der Waals surface area contributed by atoms with Crippen molar-refractivity contribution in [2.75, 3.05) is 38.2 Å². The van der Waals surface area contributed by atoms with Crippen molar-refractivity contribution in [3.63, 3.8) is 0 Å². The fraction of sp³-hybridized carbons (Fsp3) is 0.474. The van der Waals surface area contributed by atoms with Gasteiger partial charge in [-0.1, -0.05) is 12.1 Å². The van der Waals surface area contributed by atoms with Gasteiger partial charge in [0.05, 0.1) is 25.5 Å². The summed E-state index contributed by atoms with van der Waals surface area (Å²) in [6.45, 7) is 4.81. The second-order valence-electron chi connectivity index (χ2n) is 6.97. The summed E-state index contributed by atoms with van der Waals surface area (Å²) < 4.78 is 27.0. The molecule has 27 heavy (non-hydrogen) atoms. The number of rotatable bonds is 4. The first-order chi connectivity index (χ1) is 13.0. The van der Waals surface area contributed by atoms with Crippen LogP contribution >= 0.6 is 0 Å². The number of piperidine rings is 1. The van der Waals surface area contributed by atoms with E-state index < -0.39 is 11.6 Å². The Balaban J connectivity index is 1.40. The standard InChI is InChI=1S/C19H23FN4O3/c1-14-12-17(24(22-14)16-5-3-2-4-15(16)20)21-18(25)13-23-8-6-19(7-9-23)26-10-11-27-19/h2-5,12H,6-11,13H2,1H3,(H,21,25). The number of anilines is 1. The normalized spacial score (nSPS) is 19.5. The monoisotopic (exact) mass is 374 g/mol. The van der Waals surface area contributed by atoms with Crippen LogP contribution in [0.1, 0.15) is 18.5 Å². The molecule has 1 N–H and O–H groups in total. The van der Waals surface area contributed by atoms with Crippen molar-refractivity contribution in [2.24, 2.45) is 0 Å². The van der Waals surface area contributed by atoms with Crippen LogP contribution < -0.4 is 5.32 Å². The lowest BCUT2D eigenvalue weighted by Crippen LogP contribution is -2.47. The highest BCUT2D eigenvalue weighted by atomic mass is 19.1. The molecule has 0 saturated carbocycles. The van der Waals surface area contributed by atoms with Crippen molar-refractivity contribution < 1.29 is 18.7 Å². The number of hydrogen-bond donors (Lipinski definition) is 1. The molecule has 2 aliphatic heterocycles. The van der Waals surface area contributed by atoms with Crippen molar-refractivity contribution in [2.45, 2.75) is 25.6 Å². The van der Waals surface area contributed by atoms with E-state index in [1.165, 1.54) is 10.7 Å². The molecule has 0 bridgehead atoms. The molecular formula is C19H23FN4O3. The predicted molar refractivity (Wildman–Crippen MR) is 97.2 cm³/mol. The van der Waals surface area contributed by atoms with E-state index in [1.807, 2.05) is 0 Å². The van der Waals surface area contributed by atoms with Gasteiger partial charge in [0.1, 0.15) is 17.3 Å². The fourth-order valence-electron chi connectivity index (χ4n) is 3.62. The van der Waals surface area contributed by atoms with E-state index in [9.17, 15) is 9.18 Å². The van der Waals surface area contributed by atoms with Crippen molar-refractivity contribution in [3.8, 4) is 5.69 Å². The number of carbonyl (C=O) groups is 1. The summed E-state index contributed by atoms with van der Waals surface area (Å²) in [6.07, 6.45) is 1.51. The highest BCUT2D eigenvalue weighted by Crippen LogP contribution is 2.31. The fourth-order valence-corrected chi connectivity index (χ4v) is 3.62. The Hall–Kier alpha value is -2.29. The largest absolute Gasteiger partial charge is 0.347 e. The molecule has 2 saturated heterocycles. The Morgan fingerprint density at radius 1 is 1.26 bits per heavy atom. The molecule has 2 fully saturated rings. The van der Waals surface area contributed by atoms with Crippen molar-refractivity contribution in [1.29, 1.82) is 0 Å². The van der Waals surface area contributed by atoms with E-state index in [-0.39, 0.29) is 12.5 Å². The average molecular weight is 374 g/mol. The van der Waals surface area contributed by atoms with Gasteiger partial charge in [-0.3, -0.25) is 9.69 Å². The molecule has 1 spiro atoms. The maximum absolute atomic E-state index is 14.1. The van der Waals surface area contributed by atoms with Gasteiger partial charge in [-0.25, -0.2) is 9.07 Å². The van der Waals surface area contributed by atoms with E-state index in [1.54, 1.807) is 31.2 Å². The second-order valence-corrected chi connectivity index (χ2v) is 6.97. The number of ether oxygens (including phenoxy) is 2. The maximum atomic E-state index is 14.1. The summed E-state index contributed by atoms with van der Waals surface area (Å²) in [5, 5.41) is 7.16. The van der Waals surface area contributed by atoms with Crippen LogP contribution in [0.4, 0.5) is 10.2 Å². The summed E-state index contributed by atoms with van der Waals surface area (Å²) in [6, 6.07) is 8.08. The molecule has 2 aromatic rings. The Morgan fingerprint density at radius 3 is 2.67 bits per heavy atom. The van der Waals surface area contributed by atoms with E-state index in [2.05, 4.69) is 15.3 Å². The summed E-state index contributed by atoms with van der Waals surface area (Å²) in [7, 11) is 0. The SMILES string of the molecule is Cc1cc(NC(=O)CN2CCC3(CC2)OCCO3)n(-c2ccccc2F)n1. The zero-order valence-electron chi connectivity index (χ0n) is 15.3. The molecule has 0 unspecified atom stereocenters. The first kappa shape index (κ1) is 18.1. The molecular weight excluding hydrogens is 351 g/mol. The highest BCUT2D eigenvalue weighted by molar-refractivity contribution is 5.91. The Labute approximate surface area is 157 Å². The van der Waals surface area contributed by atoms with Crippen LogP contribution in [-0.4, -0.2) is 59.2 Å². The quantitative estimate of drug-likeness (QED) is 0.888. The number of para-hydroxylation sites is 1. The zero-order valence-corrected chi connectivity index (χ0v) is 15.3. The molecule has 1 aromatic heterocycles. The van der Waals surface area contributed by atoms with Crippen LogP contribution in [-0.2, 0) is 14.3 Å². The highest BCUT2D eigenvalue weighted by Gasteiger charge is 2.39. The minimum absolute atomic E-state index is 0.156. The summed E-state index contributed by atoms with van der Waals surface area (Å²) in [4.78, 5) is 14.6. The molecule has 144 valence electrons. The van der Waals surface area contributed by atoms with Crippen LogP contribution in [0.2, 0.25) is 0 Å². The third-order valence-electron chi connectivity index (χ3n) is 4.98. The number of likely N-dealkylation sites (tertiary alicyclic amines) is 1. The minimum atomic E-state index is -0.451. The lowest BCUT2D eigenvalue weighted by molar-refractivity contribution is -0.185. The maximum Gasteiger partial charge on any atom is 0.239 e. The molecule has 0 radical (unpaired) electrons. The topological polar surface area (TPSA) is 68.6 Å². The van der Waals surface area contributed by atoms with E-state index >= 15 is 0 Å². The van der Waals surface area contributed by atoms with Crippen molar-refractivity contribution in [1.82, 2.24) is 14.7 Å². The molecule has 0 atom stereocenters. The zero-order chi connectivity index (χ0) is 18.9. The smallest absolute Gasteiger partial charge is 0.239 e. The van der Waals surface area contributed by atoms with Gasteiger partial charge in [0.2, 0.25) is 5.91 Å². The van der Waals surface area contributed by atoms with Gasteiger partial charge < -0.3 is 14.8 Å². The van der Waals surface area contributed by atoms with Gasteiger partial charge in [0.15, 0.2) is 5.79 Å². The first-order valence-electron chi connectivity index (χ1n) is 9.16. The number of halogens is 1. The lowest BCUT2D eigenvalue weighted by atomic mass is 10.0. The van der Waals surface area contributed by atoms with Gasteiger partial charge in [0, 0.05) is 32.0 Å². The predicted octanol–water partition coefficient (Wildman–Crippen LogP) is 2.10. The van der Waals surface area contributed by atoms with Crippen LogP contribution in [0.15, 0.2) is 30.3 Å². The Bertz CT molecular complexity index is 822. The molecule has 3 heterocycles. The van der Waals surface area contributed by atoms with Crippen LogP contribution in [0, 0.1) is 12.7 Å². The van der Waals surface area contributed by atoms with Gasteiger partial charge in [0.25, 0.3) is 0 Å². The molecule has 0 aliphatic carbocycles. The number of aromatic nitrogens is 2. The number of aryl methyl sites for hydroxylation is 1. The van der Waals surface area contributed by atoms with Gasteiger partial charge >= 0.3 is 0 Å². The Morgan fingerprint density at radius 2 is 1.96 bits per heavy atom. The van der Waals surface area contributed by atoms with Crippen LogP contribution in [0.5, 0.6) is 0 Å². The molecule has 4 rings (SSSR count). The first-order valence-corrected chi connectivity index (χ1v) is 9.16. The average Bonchev–Trinajstić information content (AvgIpc) is 3.24. The number of nitrogens with one attached hydrogen (secondary N) is 1. The number of nitrogens with zero attached hydrogens (tertiary/aromatic N) is 3.